The Labute approximate surface area is 94.9 Å². The SMILES string of the molecule is CS(=O)(=O)Oc1ccc(Cl)cc1C(F)(F)F. The summed E-state index contributed by atoms with van der Waals surface area (Å²) in [4.78, 5) is 0. The molecule has 0 aliphatic carbocycles. The molecule has 0 aliphatic rings. The minimum atomic E-state index is -4.73. The minimum Gasteiger partial charge on any atom is -0.382 e. The van der Waals surface area contributed by atoms with Crippen LogP contribution in [0.25, 0.3) is 0 Å². The van der Waals surface area contributed by atoms with Crippen molar-refractivity contribution in [2.24, 2.45) is 0 Å². The van der Waals surface area contributed by atoms with Gasteiger partial charge in [0, 0.05) is 5.02 Å². The third-order valence-corrected chi connectivity index (χ3v) is 2.21. The lowest BCUT2D eigenvalue weighted by molar-refractivity contribution is -0.138. The van der Waals surface area contributed by atoms with Crippen LogP contribution in [0, 0.1) is 0 Å². The highest BCUT2D eigenvalue weighted by molar-refractivity contribution is 7.86. The Morgan fingerprint density at radius 2 is 1.88 bits per heavy atom. The van der Waals surface area contributed by atoms with E-state index < -0.39 is 27.6 Å². The fourth-order valence-electron chi connectivity index (χ4n) is 0.959. The molecule has 0 amide bonds. The van der Waals surface area contributed by atoms with Crippen molar-refractivity contribution >= 4 is 21.7 Å². The maximum Gasteiger partial charge on any atom is 0.420 e. The average molecular weight is 275 g/mol. The van der Waals surface area contributed by atoms with Gasteiger partial charge in [0.25, 0.3) is 0 Å². The molecule has 0 atom stereocenters. The quantitative estimate of drug-likeness (QED) is 0.779. The maximum atomic E-state index is 12.5. The van der Waals surface area contributed by atoms with Gasteiger partial charge in [0.15, 0.2) is 5.75 Å². The summed E-state index contributed by atoms with van der Waals surface area (Å²) in [5.74, 6) is -0.792. The number of hydrogen-bond acceptors (Lipinski definition) is 3. The number of benzene rings is 1. The highest BCUT2D eigenvalue weighted by Gasteiger charge is 2.35. The summed E-state index contributed by atoms with van der Waals surface area (Å²) in [6.45, 7) is 0. The third kappa shape index (κ3) is 3.57. The van der Waals surface area contributed by atoms with E-state index in [9.17, 15) is 21.6 Å². The molecule has 0 aliphatic heterocycles. The van der Waals surface area contributed by atoms with Crippen molar-refractivity contribution in [3.8, 4) is 5.75 Å². The van der Waals surface area contributed by atoms with Crippen LogP contribution in [0.3, 0.4) is 0 Å². The lowest BCUT2D eigenvalue weighted by atomic mass is 10.2. The zero-order valence-electron chi connectivity index (χ0n) is 7.88. The van der Waals surface area contributed by atoms with Crippen molar-refractivity contribution in [2.75, 3.05) is 6.26 Å². The summed E-state index contributed by atoms with van der Waals surface area (Å²) >= 11 is 5.39. The van der Waals surface area contributed by atoms with E-state index in [1.807, 2.05) is 0 Å². The molecule has 0 N–H and O–H groups in total. The monoisotopic (exact) mass is 274 g/mol. The lowest BCUT2D eigenvalue weighted by Crippen LogP contribution is -2.12. The van der Waals surface area contributed by atoms with Gasteiger partial charge in [0.05, 0.1) is 6.26 Å². The molecule has 1 rings (SSSR count). The molecule has 0 unspecified atom stereocenters. The van der Waals surface area contributed by atoms with Crippen LogP contribution in [0.2, 0.25) is 5.02 Å². The molecule has 0 spiro atoms. The Bertz CT molecular complexity index is 496. The predicted octanol–water partition coefficient (Wildman–Crippen LogP) is 2.70. The second kappa shape index (κ2) is 4.14. The molecule has 0 saturated heterocycles. The molecule has 90 valence electrons. The van der Waals surface area contributed by atoms with Crippen LogP contribution in [0.15, 0.2) is 18.2 Å². The second-order valence-electron chi connectivity index (χ2n) is 2.93. The maximum absolute atomic E-state index is 12.5. The van der Waals surface area contributed by atoms with Crippen LogP contribution in [-0.2, 0) is 16.3 Å². The Kier molecular flexibility index (Phi) is 3.39. The summed E-state index contributed by atoms with van der Waals surface area (Å²) in [7, 11) is -4.02. The second-order valence-corrected chi connectivity index (χ2v) is 4.94. The fraction of sp³-hybridized carbons (Fsp3) is 0.250. The molecule has 1 aromatic carbocycles. The number of rotatable bonds is 2. The van der Waals surface area contributed by atoms with E-state index in [4.69, 9.17) is 11.6 Å². The van der Waals surface area contributed by atoms with Gasteiger partial charge in [-0.1, -0.05) is 11.6 Å². The molecule has 8 heteroatoms. The molecule has 1 aromatic rings. The Hall–Kier alpha value is -0.950. The van der Waals surface area contributed by atoms with Gasteiger partial charge in [-0.15, -0.1) is 0 Å². The van der Waals surface area contributed by atoms with Crippen molar-refractivity contribution in [3.05, 3.63) is 28.8 Å². The Balaban J connectivity index is 3.29. The highest BCUT2D eigenvalue weighted by atomic mass is 35.5. The smallest absolute Gasteiger partial charge is 0.382 e. The molecule has 0 aromatic heterocycles. The minimum absolute atomic E-state index is 0.159. The number of halogens is 4. The first kappa shape index (κ1) is 13.1. The molecule has 0 fully saturated rings. The summed E-state index contributed by atoms with van der Waals surface area (Å²) in [6, 6.07) is 2.56. The van der Waals surface area contributed by atoms with E-state index >= 15 is 0 Å². The standard InChI is InChI=1S/C8H6ClF3O3S/c1-16(13,14)15-7-3-2-5(9)4-6(7)8(10,11)12/h2-4H,1H3. The molecule has 16 heavy (non-hydrogen) atoms. The summed E-state index contributed by atoms with van der Waals surface area (Å²) < 4.78 is 63.1. The first-order valence-corrected chi connectivity index (χ1v) is 6.05. The zero-order chi connectivity index (χ0) is 12.6. The molecule has 0 heterocycles. The van der Waals surface area contributed by atoms with Gasteiger partial charge in [-0.2, -0.15) is 21.6 Å². The molecule has 0 saturated carbocycles. The van der Waals surface area contributed by atoms with Crippen LogP contribution >= 0.6 is 11.6 Å². The van der Waals surface area contributed by atoms with Crippen LogP contribution in [0.1, 0.15) is 5.56 Å². The summed E-state index contributed by atoms with van der Waals surface area (Å²) in [6.07, 6.45) is -4.08. The van der Waals surface area contributed by atoms with E-state index in [1.54, 1.807) is 0 Å². The largest absolute Gasteiger partial charge is 0.420 e. The van der Waals surface area contributed by atoms with E-state index in [-0.39, 0.29) is 5.02 Å². The average Bonchev–Trinajstić information content (AvgIpc) is 2.04. The van der Waals surface area contributed by atoms with Gasteiger partial charge in [-0.05, 0) is 18.2 Å². The van der Waals surface area contributed by atoms with Gasteiger partial charge in [0.2, 0.25) is 0 Å². The van der Waals surface area contributed by atoms with Gasteiger partial charge in [-0.25, -0.2) is 0 Å². The lowest BCUT2D eigenvalue weighted by Gasteiger charge is -2.12. The van der Waals surface area contributed by atoms with E-state index in [0.717, 1.165) is 12.1 Å². The van der Waals surface area contributed by atoms with Gasteiger partial charge in [0.1, 0.15) is 5.56 Å². The van der Waals surface area contributed by atoms with Crippen molar-refractivity contribution in [1.29, 1.82) is 0 Å². The molecular weight excluding hydrogens is 269 g/mol. The summed E-state index contributed by atoms with van der Waals surface area (Å²) in [5, 5.41) is -0.159. The van der Waals surface area contributed by atoms with Crippen molar-refractivity contribution in [1.82, 2.24) is 0 Å². The van der Waals surface area contributed by atoms with Gasteiger partial charge >= 0.3 is 16.3 Å². The Morgan fingerprint density at radius 3 is 2.31 bits per heavy atom. The topological polar surface area (TPSA) is 43.4 Å². The van der Waals surface area contributed by atoms with Crippen LogP contribution in [0.4, 0.5) is 13.2 Å². The number of hydrogen-bond donors (Lipinski definition) is 0. The molecule has 3 nitrogen and oxygen atoms in total. The van der Waals surface area contributed by atoms with E-state index in [0.29, 0.717) is 12.3 Å². The normalized spacial score (nSPS) is 12.6. The Morgan fingerprint density at radius 1 is 1.31 bits per heavy atom. The third-order valence-electron chi connectivity index (χ3n) is 1.49. The van der Waals surface area contributed by atoms with Crippen LogP contribution < -0.4 is 4.18 Å². The molecule has 0 bridgehead atoms. The first-order valence-electron chi connectivity index (χ1n) is 3.86. The van der Waals surface area contributed by atoms with Gasteiger partial charge < -0.3 is 4.18 Å². The van der Waals surface area contributed by atoms with Crippen LogP contribution in [-0.4, -0.2) is 14.7 Å². The van der Waals surface area contributed by atoms with Crippen molar-refractivity contribution in [3.63, 3.8) is 0 Å². The van der Waals surface area contributed by atoms with Crippen molar-refractivity contribution in [2.45, 2.75) is 6.18 Å². The summed E-state index contributed by atoms with van der Waals surface area (Å²) in [5.41, 5.74) is -1.23. The highest BCUT2D eigenvalue weighted by Crippen LogP contribution is 2.38. The molecule has 0 radical (unpaired) electrons. The van der Waals surface area contributed by atoms with Crippen LogP contribution in [0.5, 0.6) is 5.75 Å². The van der Waals surface area contributed by atoms with Crippen molar-refractivity contribution < 1.29 is 25.8 Å². The van der Waals surface area contributed by atoms with Gasteiger partial charge in [-0.3, -0.25) is 0 Å². The predicted molar refractivity (Wildman–Crippen MR) is 51.9 cm³/mol. The fourth-order valence-corrected chi connectivity index (χ4v) is 1.60. The van der Waals surface area contributed by atoms with E-state index in [1.165, 1.54) is 0 Å². The first-order chi connectivity index (χ1) is 7.09. The van der Waals surface area contributed by atoms with E-state index in [2.05, 4.69) is 4.18 Å². The number of alkyl halides is 3. The zero-order valence-corrected chi connectivity index (χ0v) is 9.45. The molecular formula is C8H6ClF3O3S.